The van der Waals surface area contributed by atoms with Crippen LogP contribution in [0.4, 0.5) is 19.0 Å². The minimum absolute atomic E-state index is 0.151. The molecular formula is C25H26F3N7. The fraction of sp³-hybridized carbons (Fsp3) is 0.520. The zero-order chi connectivity index (χ0) is 24.3. The highest BCUT2D eigenvalue weighted by atomic mass is 19.4. The highest BCUT2D eigenvalue weighted by Crippen LogP contribution is 2.47. The van der Waals surface area contributed by atoms with Crippen LogP contribution < -0.4 is 4.90 Å². The fourth-order valence-electron chi connectivity index (χ4n) is 5.78. The van der Waals surface area contributed by atoms with Crippen molar-refractivity contribution in [2.75, 3.05) is 31.1 Å². The second kappa shape index (κ2) is 7.92. The largest absolute Gasteiger partial charge is 0.408 e. The molecule has 1 atom stereocenters. The summed E-state index contributed by atoms with van der Waals surface area (Å²) >= 11 is 0. The summed E-state index contributed by atoms with van der Waals surface area (Å²) in [6.45, 7) is 3.37. The summed E-state index contributed by atoms with van der Waals surface area (Å²) in [5.41, 5.74) is 2.57. The highest BCUT2D eigenvalue weighted by Gasteiger charge is 2.45. The number of nitrogens with zero attached hydrogens (tertiary/aromatic N) is 7. The maximum atomic E-state index is 12.8. The Hall–Kier alpha value is -3.19. The Labute approximate surface area is 201 Å². The molecule has 35 heavy (non-hydrogen) atoms. The van der Waals surface area contributed by atoms with Gasteiger partial charge in [-0.3, -0.25) is 9.58 Å². The summed E-state index contributed by atoms with van der Waals surface area (Å²) in [7, 11) is 0. The lowest BCUT2D eigenvalue weighted by Gasteiger charge is -2.25. The van der Waals surface area contributed by atoms with Gasteiger partial charge in [-0.05, 0) is 43.4 Å². The van der Waals surface area contributed by atoms with Crippen molar-refractivity contribution in [3.8, 4) is 6.07 Å². The molecule has 7 nitrogen and oxygen atoms in total. The first-order valence-corrected chi connectivity index (χ1v) is 12.0. The monoisotopic (exact) mass is 481 g/mol. The maximum Gasteiger partial charge on any atom is 0.408 e. The van der Waals surface area contributed by atoms with E-state index in [4.69, 9.17) is 0 Å². The molecule has 3 fully saturated rings. The first-order valence-electron chi connectivity index (χ1n) is 12.0. The van der Waals surface area contributed by atoms with Gasteiger partial charge in [-0.15, -0.1) is 0 Å². The zero-order valence-electron chi connectivity index (χ0n) is 19.3. The molecule has 182 valence electrons. The minimum atomic E-state index is -4.34. The van der Waals surface area contributed by atoms with Crippen LogP contribution >= 0.6 is 0 Å². The molecule has 3 aromatic rings. The van der Waals surface area contributed by atoms with Gasteiger partial charge < -0.3 is 4.90 Å². The van der Waals surface area contributed by atoms with E-state index >= 15 is 0 Å². The molecule has 0 radical (unpaired) electrons. The van der Waals surface area contributed by atoms with Gasteiger partial charge in [0.1, 0.15) is 18.7 Å². The van der Waals surface area contributed by atoms with Crippen LogP contribution in [-0.2, 0) is 18.5 Å². The third-order valence-electron chi connectivity index (χ3n) is 7.82. The Kier molecular flexibility index (Phi) is 5.04. The molecule has 0 bridgehead atoms. The normalized spacial score (nSPS) is 23.9. The number of hydrogen-bond acceptors (Lipinski definition) is 6. The van der Waals surface area contributed by atoms with Crippen molar-refractivity contribution in [1.29, 1.82) is 5.26 Å². The summed E-state index contributed by atoms with van der Waals surface area (Å²) in [6, 6.07) is 11.0. The number of benzene rings is 1. The van der Waals surface area contributed by atoms with E-state index in [2.05, 4.69) is 55.2 Å². The van der Waals surface area contributed by atoms with Crippen LogP contribution in [0.3, 0.4) is 0 Å². The quantitative estimate of drug-likeness (QED) is 0.548. The van der Waals surface area contributed by atoms with Crippen molar-refractivity contribution < 1.29 is 13.2 Å². The SMILES string of the molecule is N#CC1(c2ccc(CN3CCC4(CCN(c5ncnc6nn(CC(F)(F)F)cc56)C4)C3)cc2)CC1. The van der Waals surface area contributed by atoms with Gasteiger partial charge in [0.05, 0.1) is 16.9 Å². The minimum Gasteiger partial charge on any atom is -0.355 e. The molecular weight excluding hydrogens is 455 g/mol. The zero-order valence-corrected chi connectivity index (χ0v) is 19.3. The van der Waals surface area contributed by atoms with E-state index in [0.717, 1.165) is 68.7 Å². The lowest BCUT2D eigenvalue weighted by Crippen LogP contribution is -2.31. The molecule has 2 aliphatic heterocycles. The van der Waals surface area contributed by atoms with Crippen LogP contribution in [0.15, 0.2) is 36.8 Å². The van der Waals surface area contributed by atoms with Gasteiger partial charge in [-0.2, -0.15) is 23.5 Å². The number of anilines is 1. The second-order valence-electron chi connectivity index (χ2n) is 10.4. The second-order valence-corrected chi connectivity index (χ2v) is 10.4. The molecule has 2 saturated heterocycles. The van der Waals surface area contributed by atoms with Crippen LogP contribution in [0.2, 0.25) is 0 Å². The van der Waals surface area contributed by atoms with E-state index in [0.29, 0.717) is 16.9 Å². The molecule has 0 N–H and O–H groups in total. The predicted molar refractivity (Wildman–Crippen MR) is 124 cm³/mol. The molecule has 1 saturated carbocycles. The number of rotatable bonds is 5. The molecule has 3 aliphatic rings. The van der Waals surface area contributed by atoms with Crippen molar-refractivity contribution in [2.24, 2.45) is 5.41 Å². The fourth-order valence-corrected chi connectivity index (χ4v) is 5.78. The van der Waals surface area contributed by atoms with Gasteiger partial charge in [0.2, 0.25) is 0 Å². The van der Waals surface area contributed by atoms with Crippen molar-refractivity contribution in [1.82, 2.24) is 24.6 Å². The number of aromatic nitrogens is 4. The average molecular weight is 482 g/mol. The van der Waals surface area contributed by atoms with E-state index in [1.54, 1.807) is 0 Å². The molecule has 6 rings (SSSR count). The Morgan fingerprint density at radius 2 is 1.77 bits per heavy atom. The number of alkyl halides is 3. The number of halogens is 3. The smallest absolute Gasteiger partial charge is 0.355 e. The lowest BCUT2D eigenvalue weighted by atomic mass is 9.86. The maximum absolute atomic E-state index is 12.8. The van der Waals surface area contributed by atoms with Crippen LogP contribution in [0.5, 0.6) is 0 Å². The Morgan fingerprint density at radius 1 is 1.00 bits per heavy atom. The van der Waals surface area contributed by atoms with Gasteiger partial charge in [-0.1, -0.05) is 24.3 Å². The molecule has 1 unspecified atom stereocenters. The van der Waals surface area contributed by atoms with Gasteiger partial charge in [0.25, 0.3) is 0 Å². The molecule has 1 aromatic carbocycles. The van der Waals surface area contributed by atoms with Crippen LogP contribution in [0.25, 0.3) is 11.0 Å². The van der Waals surface area contributed by atoms with Gasteiger partial charge >= 0.3 is 6.18 Å². The first kappa shape index (κ1) is 22.3. The summed E-state index contributed by atoms with van der Waals surface area (Å²) in [5, 5.41) is 14.0. The van der Waals surface area contributed by atoms with E-state index in [-0.39, 0.29) is 10.8 Å². The summed E-state index contributed by atoms with van der Waals surface area (Å²) in [4.78, 5) is 13.2. The standard InChI is InChI=1S/C25H26F3N7/c26-25(27,28)16-35-12-20-21(32-35)30-17-31-22(20)34-10-8-23(15-34)7-9-33(14-23)11-18-1-3-19(4-2-18)24(13-29)5-6-24/h1-4,12,17H,5-11,14-16H2. The lowest BCUT2D eigenvalue weighted by molar-refractivity contribution is -0.142. The molecule has 1 aliphatic carbocycles. The topological polar surface area (TPSA) is 73.9 Å². The number of fused-ring (bicyclic) bond motifs is 1. The summed E-state index contributed by atoms with van der Waals surface area (Å²) in [6.07, 6.45) is 2.47. The van der Waals surface area contributed by atoms with E-state index in [1.807, 2.05) is 0 Å². The molecule has 0 amide bonds. The first-order chi connectivity index (χ1) is 16.8. The summed E-state index contributed by atoms with van der Waals surface area (Å²) < 4.78 is 39.4. The van der Waals surface area contributed by atoms with Gasteiger partial charge in [0.15, 0.2) is 5.65 Å². The van der Waals surface area contributed by atoms with E-state index < -0.39 is 12.7 Å². The predicted octanol–water partition coefficient (Wildman–Crippen LogP) is 4.05. The Balaban J connectivity index is 1.13. The number of likely N-dealkylation sites (tertiary alicyclic amines) is 1. The van der Waals surface area contributed by atoms with Crippen molar-refractivity contribution in [3.05, 3.63) is 47.9 Å². The molecule has 2 aromatic heterocycles. The van der Waals surface area contributed by atoms with Gasteiger partial charge in [-0.25, -0.2) is 9.97 Å². The van der Waals surface area contributed by atoms with E-state index in [1.165, 1.54) is 18.1 Å². The average Bonchev–Trinajstić information content (AvgIpc) is 3.13. The highest BCUT2D eigenvalue weighted by molar-refractivity contribution is 5.86. The van der Waals surface area contributed by atoms with Crippen LogP contribution in [0, 0.1) is 16.7 Å². The van der Waals surface area contributed by atoms with Crippen LogP contribution in [0.1, 0.15) is 36.8 Å². The molecule has 1 spiro atoms. The van der Waals surface area contributed by atoms with Crippen molar-refractivity contribution >= 4 is 16.9 Å². The third kappa shape index (κ3) is 4.22. The third-order valence-corrected chi connectivity index (χ3v) is 7.82. The molecule has 4 heterocycles. The Bertz CT molecular complexity index is 1290. The summed E-state index contributed by atoms with van der Waals surface area (Å²) in [5.74, 6) is 0.667. The number of nitriles is 1. The van der Waals surface area contributed by atoms with Crippen molar-refractivity contribution in [2.45, 2.75) is 50.4 Å². The Morgan fingerprint density at radius 3 is 2.49 bits per heavy atom. The van der Waals surface area contributed by atoms with Gasteiger partial charge in [0, 0.05) is 37.8 Å². The van der Waals surface area contributed by atoms with E-state index in [9.17, 15) is 18.4 Å². The van der Waals surface area contributed by atoms with Crippen LogP contribution in [-0.4, -0.2) is 57.0 Å². The number of hydrogen-bond donors (Lipinski definition) is 0. The van der Waals surface area contributed by atoms with Crippen molar-refractivity contribution in [3.63, 3.8) is 0 Å². The molecule has 10 heteroatoms.